The molecule has 0 aliphatic carbocycles. The van der Waals surface area contributed by atoms with Gasteiger partial charge in [-0.3, -0.25) is 0 Å². The Hall–Kier alpha value is -1.32. The second-order valence-electron chi connectivity index (χ2n) is 3.89. The van der Waals surface area contributed by atoms with Crippen LogP contribution < -0.4 is 4.72 Å². The van der Waals surface area contributed by atoms with Crippen LogP contribution in [0.3, 0.4) is 0 Å². The highest BCUT2D eigenvalue weighted by atomic mass is 32.2. The lowest BCUT2D eigenvalue weighted by Gasteiger charge is -2.10. The Labute approximate surface area is 109 Å². The Morgan fingerprint density at radius 2 is 2.17 bits per heavy atom. The average Bonchev–Trinajstić information content (AvgIpc) is 2.86. The molecule has 9 heteroatoms. The van der Waals surface area contributed by atoms with E-state index in [0.29, 0.717) is 10.7 Å². The topological polar surface area (TPSA) is 101 Å². The lowest BCUT2D eigenvalue weighted by atomic mass is 10.4. The van der Waals surface area contributed by atoms with Gasteiger partial charge >= 0.3 is 0 Å². The van der Waals surface area contributed by atoms with Crippen molar-refractivity contribution in [2.45, 2.75) is 31.7 Å². The summed E-state index contributed by atoms with van der Waals surface area (Å²) in [6.45, 7) is 5.32. The number of tetrazole rings is 1. The van der Waals surface area contributed by atoms with Crippen molar-refractivity contribution >= 4 is 21.4 Å². The molecule has 0 bridgehead atoms. The van der Waals surface area contributed by atoms with Gasteiger partial charge in [-0.15, -0.1) is 21.5 Å². The third-order valence-corrected chi connectivity index (χ3v) is 5.13. The number of aromatic amines is 1. The number of nitrogens with one attached hydrogen (secondary N) is 2. The molecule has 0 radical (unpaired) electrons. The number of hydrogen-bond donors (Lipinski definition) is 2. The number of aromatic nitrogens is 4. The summed E-state index contributed by atoms with van der Waals surface area (Å²) in [6.07, 6.45) is 0. The minimum atomic E-state index is -3.56. The van der Waals surface area contributed by atoms with Crippen molar-refractivity contribution < 1.29 is 8.42 Å². The molecule has 1 atom stereocenters. The van der Waals surface area contributed by atoms with Crippen molar-refractivity contribution in [2.24, 2.45) is 0 Å². The van der Waals surface area contributed by atoms with E-state index in [4.69, 9.17) is 0 Å². The van der Waals surface area contributed by atoms with Crippen LogP contribution >= 0.6 is 11.3 Å². The third kappa shape index (κ3) is 2.57. The van der Waals surface area contributed by atoms with E-state index in [-0.39, 0.29) is 0 Å². The molecule has 7 nitrogen and oxygen atoms in total. The van der Waals surface area contributed by atoms with Crippen LogP contribution in [0.2, 0.25) is 0 Å². The minimum absolute atomic E-state index is 0.306. The van der Waals surface area contributed by atoms with Gasteiger partial charge in [0.15, 0.2) is 5.82 Å². The molecule has 2 rings (SSSR count). The maximum Gasteiger partial charge on any atom is 0.242 e. The average molecular weight is 287 g/mol. The minimum Gasteiger partial charge on any atom is -0.207 e. The van der Waals surface area contributed by atoms with Crippen molar-refractivity contribution in [1.29, 1.82) is 0 Å². The highest BCUT2D eigenvalue weighted by Gasteiger charge is 2.23. The van der Waals surface area contributed by atoms with Gasteiger partial charge in [0.2, 0.25) is 10.0 Å². The summed E-state index contributed by atoms with van der Waals surface area (Å²) in [4.78, 5) is 2.03. The predicted octanol–water partition coefficient (Wildman–Crippen LogP) is 0.918. The van der Waals surface area contributed by atoms with Crippen LogP contribution in [0.1, 0.15) is 28.5 Å². The fourth-order valence-electron chi connectivity index (χ4n) is 1.58. The maximum absolute atomic E-state index is 12.2. The smallest absolute Gasteiger partial charge is 0.207 e. The van der Waals surface area contributed by atoms with Crippen LogP contribution in [0.15, 0.2) is 11.0 Å². The zero-order valence-electron chi connectivity index (χ0n) is 10.1. The molecular formula is C9H13N5O2S2. The number of nitrogens with zero attached hydrogens (tertiary/aromatic N) is 3. The Balaban J connectivity index is 2.25. The van der Waals surface area contributed by atoms with Crippen molar-refractivity contribution in [1.82, 2.24) is 25.3 Å². The Morgan fingerprint density at radius 1 is 1.44 bits per heavy atom. The van der Waals surface area contributed by atoms with Crippen molar-refractivity contribution in [3.05, 3.63) is 21.6 Å². The fraction of sp³-hybridized carbons (Fsp3) is 0.444. The van der Waals surface area contributed by atoms with E-state index in [2.05, 4.69) is 25.3 Å². The monoisotopic (exact) mass is 287 g/mol. The number of H-pyrrole nitrogens is 1. The van der Waals surface area contributed by atoms with E-state index in [0.717, 1.165) is 9.75 Å². The zero-order valence-corrected chi connectivity index (χ0v) is 11.8. The lowest BCUT2D eigenvalue weighted by Crippen LogP contribution is -2.27. The largest absolute Gasteiger partial charge is 0.242 e. The first kappa shape index (κ1) is 13.1. The van der Waals surface area contributed by atoms with Gasteiger partial charge in [0, 0.05) is 9.75 Å². The molecule has 2 heterocycles. The van der Waals surface area contributed by atoms with E-state index < -0.39 is 16.1 Å². The summed E-state index contributed by atoms with van der Waals surface area (Å²) >= 11 is 1.45. The molecule has 2 aromatic rings. The number of thiophene rings is 1. The van der Waals surface area contributed by atoms with Gasteiger partial charge in [0.05, 0.1) is 10.9 Å². The maximum atomic E-state index is 12.2. The molecule has 0 saturated heterocycles. The molecule has 0 amide bonds. The van der Waals surface area contributed by atoms with Crippen LogP contribution in [-0.4, -0.2) is 29.0 Å². The third-order valence-electron chi connectivity index (χ3n) is 2.37. The predicted molar refractivity (Wildman–Crippen MR) is 66.7 cm³/mol. The summed E-state index contributed by atoms with van der Waals surface area (Å²) in [7, 11) is -3.56. The summed E-state index contributed by atoms with van der Waals surface area (Å²) in [6, 6.07) is 1.12. The second-order valence-corrected chi connectivity index (χ2v) is 7.03. The summed E-state index contributed by atoms with van der Waals surface area (Å²) in [5.41, 5.74) is 0. The van der Waals surface area contributed by atoms with E-state index in [9.17, 15) is 8.42 Å². The lowest BCUT2D eigenvalue weighted by molar-refractivity contribution is 0.560. The normalized spacial score (nSPS) is 13.7. The molecule has 0 fully saturated rings. The highest BCUT2D eigenvalue weighted by Crippen LogP contribution is 2.25. The van der Waals surface area contributed by atoms with E-state index in [1.807, 2.05) is 6.92 Å². The Kier molecular flexibility index (Phi) is 3.46. The first-order valence-corrected chi connectivity index (χ1v) is 7.53. The zero-order chi connectivity index (χ0) is 13.3. The second kappa shape index (κ2) is 4.75. The van der Waals surface area contributed by atoms with Crippen molar-refractivity contribution in [3.8, 4) is 0 Å². The molecule has 1 unspecified atom stereocenters. The Morgan fingerprint density at radius 3 is 2.67 bits per heavy atom. The number of sulfonamides is 1. The van der Waals surface area contributed by atoms with Crippen LogP contribution in [0.4, 0.5) is 0 Å². The van der Waals surface area contributed by atoms with Gasteiger partial charge in [-0.25, -0.2) is 13.1 Å². The standard InChI is InChI=1S/C9H13N5O2S2/c1-5-4-8(7(3)17-5)18(15,16)12-6(2)9-10-13-14-11-9/h4,6,12H,1-3H3,(H,10,11,13,14). The highest BCUT2D eigenvalue weighted by molar-refractivity contribution is 7.89. The van der Waals surface area contributed by atoms with Crippen LogP contribution in [-0.2, 0) is 10.0 Å². The molecule has 0 aliphatic rings. The van der Waals surface area contributed by atoms with Gasteiger partial charge in [-0.2, -0.15) is 5.21 Å². The fourth-order valence-corrected chi connectivity index (χ4v) is 4.33. The molecular weight excluding hydrogens is 274 g/mol. The molecule has 18 heavy (non-hydrogen) atoms. The van der Waals surface area contributed by atoms with Crippen molar-refractivity contribution in [2.75, 3.05) is 0 Å². The molecule has 0 spiro atoms. The van der Waals surface area contributed by atoms with Crippen LogP contribution in [0, 0.1) is 13.8 Å². The molecule has 0 saturated carbocycles. The summed E-state index contributed by atoms with van der Waals surface area (Å²) in [5, 5.41) is 13.2. The van der Waals surface area contributed by atoms with E-state index in [1.165, 1.54) is 11.3 Å². The Bertz CT molecular complexity index is 632. The van der Waals surface area contributed by atoms with Crippen LogP contribution in [0.5, 0.6) is 0 Å². The molecule has 2 N–H and O–H groups in total. The SMILES string of the molecule is Cc1cc(S(=O)(=O)NC(C)c2nn[nH]n2)c(C)s1. The first-order valence-electron chi connectivity index (χ1n) is 5.23. The van der Waals surface area contributed by atoms with E-state index in [1.54, 1.807) is 19.9 Å². The molecule has 98 valence electrons. The van der Waals surface area contributed by atoms with Gasteiger partial charge in [0.1, 0.15) is 0 Å². The molecule has 2 aromatic heterocycles. The summed E-state index contributed by atoms with van der Waals surface area (Å²) < 4.78 is 26.9. The van der Waals surface area contributed by atoms with Gasteiger partial charge in [0.25, 0.3) is 0 Å². The van der Waals surface area contributed by atoms with Crippen molar-refractivity contribution in [3.63, 3.8) is 0 Å². The van der Waals surface area contributed by atoms with Gasteiger partial charge in [-0.05, 0) is 26.8 Å². The first-order chi connectivity index (χ1) is 8.40. The van der Waals surface area contributed by atoms with Gasteiger partial charge < -0.3 is 0 Å². The summed E-state index contributed by atoms with van der Waals surface area (Å²) in [5.74, 6) is 0.308. The van der Waals surface area contributed by atoms with E-state index >= 15 is 0 Å². The van der Waals surface area contributed by atoms with Gasteiger partial charge in [-0.1, -0.05) is 5.21 Å². The van der Waals surface area contributed by atoms with Crippen LogP contribution in [0.25, 0.3) is 0 Å². The number of aryl methyl sites for hydroxylation is 2. The quantitative estimate of drug-likeness (QED) is 0.870. The molecule has 0 aromatic carbocycles. The number of hydrogen-bond acceptors (Lipinski definition) is 6. The number of rotatable bonds is 4. The molecule has 0 aliphatic heterocycles.